The molecule has 0 aliphatic heterocycles. The van der Waals surface area contributed by atoms with E-state index in [0.717, 1.165) is 87.1 Å². The number of rotatable bonds is 8. The highest BCUT2D eigenvalue weighted by atomic mass is 19.4. The molecule has 0 atom stereocenters. The lowest BCUT2D eigenvalue weighted by molar-refractivity contribution is -0.185. The van der Waals surface area contributed by atoms with Crippen LogP contribution in [0.25, 0.3) is 11.1 Å². The SMILES string of the molecule is CCCC1CCC(c2ccc(C(F)(F)Oc3ccc(-c4ccc(OC)c(C(F)(F)F)c4C(F)(F)F)cc3)cc2)CC1. The van der Waals surface area contributed by atoms with Crippen LogP contribution in [0.3, 0.4) is 0 Å². The lowest BCUT2D eigenvalue weighted by atomic mass is 9.77. The van der Waals surface area contributed by atoms with E-state index in [9.17, 15) is 35.1 Å². The lowest BCUT2D eigenvalue weighted by Crippen LogP contribution is -2.22. The number of ether oxygens (including phenoxy) is 2. The van der Waals surface area contributed by atoms with Gasteiger partial charge in [0.05, 0.1) is 18.2 Å². The van der Waals surface area contributed by atoms with Crippen molar-refractivity contribution in [1.29, 1.82) is 0 Å². The van der Waals surface area contributed by atoms with Crippen molar-refractivity contribution in [1.82, 2.24) is 0 Å². The molecule has 1 saturated carbocycles. The molecule has 222 valence electrons. The van der Waals surface area contributed by atoms with Gasteiger partial charge >= 0.3 is 18.5 Å². The number of benzene rings is 3. The van der Waals surface area contributed by atoms with Crippen molar-refractivity contribution in [2.75, 3.05) is 7.11 Å². The second kappa shape index (κ2) is 11.9. The summed E-state index contributed by atoms with van der Waals surface area (Å²) in [5, 5.41) is 0. The molecule has 0 aromatic heterocycles. The maximum Gasteiger partial charge on any atom is 0.426 e. The maximum absolute atomic E-state index is 15.0. The van der Waals surface area contributed by atoms with E-state index in [1.807, 2.05) is 0 Å². The molecule has 4 rings (SSSR count). The minimum absolute atomic E-state index is 0.265. The second-order valence-electron chi connectivity index (χ2n) is 10.3. The number of halogens is 8. The van der Waals surface area contributed by atoms with Gasteiger partial charge in [-0.3, -0.25) is 0 Å². The van der Waals surface area contributed by atoms with Gasteiger partial charge in [0, 0.05) is 0 Å². The van der Waals surface area contributed by atoms with Crippen LogP contribution in [0.5, 0.6) is 11.5 Å². The van der Waals surface area contributed by atoms with Crippen LogP contribution in [0.2, 0.25) is 0 Å². The Hall–Kier alpha value is -3.30. The van der Waals surface area contributed by atoms with E-state index in [-0.39, 0.29) is 11.3 Å². The van der Waals surface area contributed by atoms with E-state index in [4.69, 9.17) is 4.74 Å². The number of hydrogen-bond donors (Lipinski definition) is 0. The van der Waals surface area contributed by atoms with Crippen molar-refractivity contribution >= 4 is 0 Å². The summed E-state index contributed by atoms with van der Waals surface area (Å²) in [7, 11) is 0.836. The topological polar surface area (TPSA) is 18.5 Å². The third kappa shape index (κ3) is 6.96. The van der Waals surface area contributed by atoms with Gasteiger partial charge in [-0.15, -0.1) is 0 Å². The standard InChI is InChI=1S/C31H30F8O2/c1-3-4-19-5-7-20(8-6-19)21-9-13-23(14-10-21)31(38,39)41-24-15-11-22(12-16-24)25-17-18-26(40-2)28(30(35,36)37)27(25)29(32,33)34/h9-20H,3-8H2,1-2H3. The monoisotopic (exact) mass is 586 g/mol. The summed E-state index contributed by atoms with van der Waals surface area (Å²) in [5.74, 6) is -0.314. The normalized spacial score (nSPS) is 18.3. The fourth-order valence-corrected chi connectivity index (χ4v) is 5.62. The Balaban J connectivity index is 1.53. The smallest absolute Gasteiger partial charge is 0.426 e. The molecule has 0 radical (unpaired) electrons. The van der Waals surface area contributed by atoms with Gasteiger partial charge in [-0.1, -0.05) is 50.1 Å². The quantitative estimate of drug-likeness (QED) is 0.245. The Morgan fingerprint density at radius 2 is 1.29 bits per heavy atom. The zero-order valence-electron chi connectivity index (χ0n) is 22.5. The van der Waals surface area contributed by atoms with Gasteiger partial charge in [-0.05, 0) is 84.5 Å². The summed E-state index contributed by atoms with van der Waals surface area (Å²) in [6.45, 7) is 2.17. The Kier molecular flexibility index (Phi) is 8.90. The highest BCUT2D eigenvalue weighted by Crippen LogP contribution is 2.49. The van der Waals surface area contributed by atoms with Crippen molar-refractivity contribution < 1.29 is 44.6 Å². The molecule has 0 unspecified atom stereocenters. The van der Waals surface area contributed by atoms with Gasteiger partial charge in [0.1, 0.15) is 17.1 Å². The molecule has 0 N–H and O–H groups in total. The van der Waals surface area contributed by atoms with Gasteiger partial charge in [0.25, 0.3) is 0 Å². The molecule has 1 fully saturated rings. The number of alkyl halides is 8. The van der Waals surface area contributed by atoms with Crippen molar-refractivity contribution in [3.8, 4) is 22.6 Å². The minimum Gasteiger partial charge on any atom is -0.496 e. The van der Waals surface area contributed by atoms with Crippen LogP contribution in [0.4, 0.5) is 35.1 Å². The number of hydrogen-bond acceptors (Lipinski definition) is 2. The van der Waals surface area contributed by atoms with E-state index < -0.39 is 46.5 Å². The summed E-state index contributed by atoms with van der Waals surface area (Å²) in [5.41, 5.74) is -4.34. The Morgan fingerprint density at radius 3 is 1.80 bits per heavy atom. The molecule has 0 bridgehead atoms. The van der Waals surface area contributed by atoms with Crippen molar-refractivity contribution in [3.05, 3.63) is 82.9 Å². The molecule has 2 nitrogen and oxygen atoms in total. The molecule has 0 heterocycles. The highest BCUT2D eigenvalue weighted by molar-refractivity contribution is 5.72. The summed E-state index contributed by atoms with van der Waals surface area (Å²) in [6.07, 6.45) is -7.87. The van der Waals surface area contributed by atoms with Gasteiger partial charge in [-0.25, -0.2) is 0 Å². The summed E-state index contributed by atoms with van der Waals surface area (Å²) >= 11 is 0. The maximum atomic E-state index is 15.0. The third-order valence-electron chi connectivity index (χ3n) is 7.63. The largest absolute Gasteiger partial charge is 0.496 e. The van der Waals surface area contributed by atoms with Crippen LogP contribution in [0.1, 0.15) is 73.6 Å². The first-order chi connectivity index (χ1) is 19.2. The van der Waals surface area contributed by atoms with Gasteiger partial charge in [0.2, 0.25) is 0 Å². The van der Waals surface area contributed by atoms with Gasteiger partial charge in [-0.2, -0.15) is 35.1 Å². The van der Waals surface area contributed by atoms with Crippen LogP contribution in [-0.4, -0.2) is 7.11 Å². The predicted octanol–water partition coefficient (Wildman–Crippen LogP) is 10.6. The molecule has 0 amide bonds. The van der Waals surface area contributed by atoms with Gasteiger partial charge in [0.15, 0.2) is 0 Å². The van der Waals surface area contributed by atoms with Crippen LogP contribution < -0.4 is 9.47 Å². The molecular formula is C31H30F8O2. The lowest BCUT2D eigenvalue weighted by Gasteiger charge is -2.29. The fourth-order valence-electron chi connectivity index (χ4n) is 5.62. The Labute approximate surface area is 233 Å². The van der Waals surface area contributed by atoms with E-state index in [2.05, 4.69) is 11.7 Å². The summed E-state index contributed by atoms with van der Waals surface area (Å²) in [4.78, 5) is 0. The van der Waals surface area contributed by atoms with Crippen molar-refractivity contribution in [3.63, 3.8) is 0 Å². The minimum atomic E-state index is -5.38. The molecule has 3 aromatic carbocycles. The van der Waals surface area contributed by atoms with Crippen LogP contribution in [0, 0.1) is 5.92 Å². The molecule has 1 aliphatic rings. The molecule has 0 spiro atoms. The fraction of sp³-hybridized carbons (Fsp3) is 0.419. The van der Waals surface area contributed by atoms with E-state index in [1.54, 1.807) is 12.1 Å². The molecular weight excluding hydrogens is 556 g/mol. The van der Waals surface area contributed by atoms with Crippen LogP contribution >= 0.6 is 0 Å². The van der Waals surface area contributed by atoms with Crippen LogP contribution in [0.15, 0.2) is 60.7 Å². The van der Waals surface area contributed by atoms with E-state index >= 15 is 0 Å². The zero-order chi connectivity index (χ0) is 30.0. The number of methoxy groups -OCH3 is 1. The summed E-state index contributed by atoms with van der Waals surface area (Å²) in [6, 6.07) is 11.5. The molecule has 0 saturated heterocycles. The summed E-state index contributed by atoms with van der Waals surface area (Å²) < 4.78 is 122. The molecule has 10 heteroatoms. The molecule has 3 aromatic rings. The molecule has 41 heavy (non-hydrogen) atoms. The second-order valence-corrected chi connectivity index (χ2v) is 10.3. The third-order valence-corrected chi connectivity index (χ3v) is 7.63. The average molecular weight is 587 g/mol. The average Bonchev–Trinajstić information content (AvgIpc) is 2.92. The van der Waals surface area contributed by atoms with Crippen LogP contribution in [-0.2, 0) is 18.5 Å². The predicted molar refractivity (Wildman–Crippen MR) is 139 cm³/mol. The first-order valence-electron chi connectivity index (χ1n) is 13.4. The first kappa shape index (κ1) is 30.7. The van der Waals surface area contributed by atoms with Crippen molar-refractivity contribution in [2.24, 2.45) is 5.92 Å². The zero-order valence-corrected chi connectivity index (χ0v) is 22.5. The first-order valence-corrected chi connectivity index (χ1v) is 13.4. The van der Waals surface area contributed by atoms with E-state index in [1.165, 1.54) is 18.6 Å². The Morgan fingerprint density at radius 1 is 0.707 bits per heavy atom. The molecule has 1 aliphatic carbocycles. The van der Waals surface area contributed by atoms with Crippen molar-refractivity contribution in [2.45, 2.75) is 69.8 Å². The van der Waals surface area contributed by atoms with E-state index in [0.29, 0.717) is 5.92 Å². The van der Waals surface area contributed by atoms with Gasteiger partial charge < -0.3 is 9.47 Å². The highest BCUT2D eigenvalue weighted by Gasteiger charge is 2.47. The Bertz CT molecular complexity index is 1300.